The first-order valence-corrected chi connectivity index (χ1v) is 6.31. The Bertz CT molecular complexity index is 602. The maximum absolute atomic E-state index is 13.2. The number of hydrogen-bond acceptors (Lipinski definition) is 3. The Morgan fingerprint density at radius 2 is 2.00 bits per heavy atom. The van der Waals surface area contributed by atoms with Gasteiger partial charge in [-0.2, -0.15) is 0 Å². The number of hydrogen-bond donors (Lipinski definition) is 0. The Balaban J connectivity index is 2.38. The van der Waals surface area contributed by atoms with Crippen molar-refractivity contribution in [2.75, 3.05) is 0 Å². The molecule has 1 heterocycles. The summed E-state index contributed by atoms with van der Waals surface area (Å²) in [5.41, 5.74) is 1.26. The predicted octanol–water partition coefficient (Wildman–Crippen LogP) is 4.49. The third-order valence-electron chi connectivity index (χ3n) is 2.72. The molecule has 0 saturated carbocycles. The van der Waals surface area contributed by atoms with Crippen molar-refractivity contribution < 1.29 is 9.13 Å². The fourth-order valence-electron chi connectivity index (χ4n) is 1.72. The van der Waals surface area contributed by atoms with Crippen LogP contribution in [0.5, 0.6) is 11.6 Å². The molecule has 19 heavy (non-hydrogen) atoms. The Morgan fingerprint density at radius 3 is 2.63 bits per heavy atom. The summed E-state index contributed by atoms with van der Waals surface area (Å²) in [5.74, 6) is 0.791. The first-order chi connectivity index (χ1) is 8.99. The van der Waals surface area contributed by atoms with E-state index >= 15 is 0 Å². The lowest BCUT2D eigenvalue weighted by molar-refractivity contribution is 0.449. The molecule has 0 aliphatic heterocycles. The molecule has 0 spiro atoms. The summed E-state index contributed by atoms with van der Waals surface area (Å²) in [6.07, 6.45) is 1.35. The first kappa shape index (κ1) is 13.7. The van der Waals surface area contributed by atoms with Gasteiger partial charge in [-0.25, -0.2) is 14.4 Å². The lowest BCUT2D eigenvalue weighted by atomic mass is 10.1. The van der Waals surface area contributed by atoms with Gasteiger partial charge in [0.15, 0.2) is 0 Å². The van der Waals surface area contributed by atoms with E-state index in [1.807, 2.05) is 13.8 Å². The summed E-state index contributed by atoms with van der Waals surface area (Å²) in [5, 5.41) is 0.374. The Kier molecular flexibility index (Phi) is 4.00. The maximum atomic E-state index is 13.2. The first-order valence-electron chi connectivity index (χ1n) is 5.93. The minimum absolute atomic E-state index is 0.130. The molecule has 0 N–H and O–H groups in total. The predicted molar refractivity (Wildman–Crippen MR) is 72.3 cm³/mol. The molecule has 0 aliphatic rings. The van der Waals surface area contributed by atoms with Crippen LogP contribution < -0.4 is 4.74 Å². The molecule has 0 unspecified atom stereocenters. The molecular weight excluding hydrogens is 267 g/mol. The monoisotopic (exact) mass is 280 g/mol. The highest BCUT2D eigenvalue weighted by Crippen LogP contribution is 2.32. The summed E-state index contributed by atoms with van der Waals surface area (Å²) in [7, 11) is 0. The average molecular weight is 281 g/mol. The van der Waals surface area contributed by atoms with Crippen LogP contribution in [-0.4, -0.2) is 9.97 Å². The van der Waals surface area contributed by atoms with E-state index < -0.39 is 0 Å². The zero-order valence-electron chi connectivity index (χ0n) is 10.9. The molecule has 0 amide bonds. The molecule has 0 bridgehead atoms. The molecular formula is C14H14ClFN2O. The molecule has 1 aromatic carbocycles. The molecule has 3 nitrogen and oxygen atoms in total. The van der Waals surface area contributed by atoms with Crippen LogP contribution in [0.25, 0.3) is 0 Å². The second-order valence-electron chi connectivity index (χ2n) is 4.55. The van der Waals surface area contributed by atoms with Gasteiger partial charge in [0.1, 0.15) is 23.0 Å². The molecule has 0 aliphatic carbocycles. The van der Waals surface area contributed by atoms with Gasteiger partial charge in [0.2, 0.25) is 5.88 Å². The van der Waals surface area contributed by atoms with E-state index in [2.05, 4.69) is 9.97 Å². The molecule has 0 fully saturated rings. The smallest absolute Gasteiger partial charge is 0.227 e. The van der Waals surface area contributed by atoms with E-state index in [0.717, 1.165) is 5.56 Å². The number of benzene rings is 1. The Morgan fingerprint density at radius 1 is 1.26 bits per heavy atom. The van der Waals surface area contributed by atoms with E-state index in [9.17, 15) is 4.39 Å². The molecule has 5 heteroatoms. The fraction of sp³-hybridized carbons (Fsp3) is 0.286. The van der Waals surface area contributed by atoms with Crippen LogP contribution in [0.3, 0.4) is 0 Å². The maximum Gasteiger partial charge on any atom is 0.227 e. The van der Waals surface area contributed by atoms with Gasteiger partial charge in [-0.3, -0.25) is 0 Å². The van der Waals surface area contributed by atoms with Gasteiger partial charge in [0, 0.05) is 0 Å². The lowest BCUT2D eigenvalue weighted by Crippen LogP contribution is -2.00. The summed E-state index contributed by atoms with van der Waals surface area (Å²) < 4.78 is 18.9. The van der Waals surface area contributed by atoms with Crippen molar-refractivity contribution >= 4 is 11.6 Å². The van der Waals surface area contributed by atoms with Crippen LogP contribution in [-0.2, 0) is 0 Å². The lowest BCUT2D eigenvalue weighted by Gasteiger charge is -2.13. The van der Waals surface area contributed by atoms with Gasteiger partial charge >= 0.3 is 0 Å². The van der Waals surface area contributed by atoms with Crippen LogP contribution in [0.2, 0.25) is 5.15 Å². The molecule has 0 radical (unpaired) electrons. The van der Waals surface area contributed by atoms with Crippen molar-refractivity contribution in [3.8, 4) is 11.6 Å². The molecule has 2 aromatic rings. The normalized spacial score (nSPS) is 10.8. The number of aromatic nitrogens is 2. The van der Waals surface area contributed by atoms with E-state index in [0.29, 0.717) is 22.3 Å². The number of aryl methyl sites for hydroxylation is 1. The quantitative estimate of drug-likeness (QED) is 0.777. The van der Waals surface area contributed by atoms with Crippen molar-refractivity contribution in [2.24, 2.45) is 0 Å². The summed E-state index contributed by atoms with van der Waals surface area (Å²) in [4.78, 5) is 8.05. The molecule has 0 atom stereocenters. The van der Waals surface area contributed by atoms with Crippen molar-refractivity contribution in [3.05, 3.63) is 46.6 Å². The highest BCUT2D eigenvalue weighted by Gasteiger charge is 2.15. The highest BCUT2D eigenvalue weighted by molar-refractivity contribution is 6.30. The minimum Gasteiger partial charge on any atom is -0.439 e. The Labute approximate surface area is 116 Å². The number of halogens is 2. The van der Waals surface area contributed by atoms with Crippen molar-refractivity contribution in [1.82, 2.24) is 9.97 Å². The molecule has 100 valence electrons. The fourth-order valence-corrected chi connectivity index (χ4v) is 2.06. The average Bonchev–Trinajstić information content (AvgIpc) is 2.33. The summed E-state index contributed by atoms with van der Waals surface area (Å²) in [6, 6.07) is 4.54. The van der Waals surface area contributed by atoms with Gasteiger partial charge in [-0.15, -0.1) is 0 Å². The molecule has 2 rings (SSSR count). The van der Waals surface area contributed by atoms with E-state index in [1.54, 1.807) is 19.1 Å². The van der Waals surface area contributed by atoms with Crippen LogP contribution >= 0.6 is 11.6 Å². The van der Waals surface area contributed by atoms with Crippen LogP contribution in [0, 0.1) is 12.7 Å². The number of rotatable bonds is 3. The van der Waals surface area contributed by atoms with E-state index in [-0.39, 0.29) is 11.7 Å². The highest BCUT2D eigenvalue weighted by atomic mass is 35.5. The SMILES string of the molecule is Cc1cc(Oc2ncnc(Cl)c2C(C)C)ccc1F. The second kappa shape index (κ2) is 5.53. The van der Waals surface area contributed by atoms with E-state index in [1.165, 1.54) is 12.4 Å². The van der Waals surface area contributed by atoms with Crippen molar-refractivity contribution in [2.45, 2.75) is 26.7 Å². The van der Waals surface area contributed by atoms with Gasteiger partial charge in [-0.05, 0) is 36.6 Å². The largest absolute Gasteiger partial charge is 0.439 e. The standard InChI is InChI=1S/C14H14ClFN2O/c1-8(2)12-13(15)17-7-18-14(12)19-10-4-5-11(16)9(3)6-10/h4-8H,1-3H3. The van der Waals surface area contributed by atoms with Gasteiger partial charge in [0.25, 0.3) is 0 Å². The summed E-state index contributed by atoms with van der Waals surface area (Å²) in [6.45, 7) is 5.64. The zero-order valence-corrected chi connectivity index (χ0v) is 11.7. The van der Waals surface area contributed by atoms with Crippen LogP contribution in [0.1, 0.15) is 30.9 Å². The Hall–Kier alpha value is -1.68. The third-order valence-corrected chi connectivity index (χ3v) is 3.02. The number of ether oxygens (including phenoxy) is 1. The van der Waals surface area contributed by atoms with Gasteiger partial charge in [0.05, 0.1) is 5.56 Å². The minimum atomic E-state index is -0.267. The molecule has 0 saturated heterocycles. The topological polar surface area (TPSA) is 35.0 Å². The van der Waals surface area contributed by atoms with Gasteiger partial charge in [-0.1, -0.05) is 25.4 Å². The van der Waals surface area contributed by atoms with Crippen LogP contribution in [0.4, 0.5) is 4.39 Å². The van der Waals surface area contributed by atoms with E-state index in [4.69, 9.17) is 16.3 Å². The van der Waals surface area contributed by atoms with Crippen molar-refractivity contribution in [1.29, 1.82) is 0 Å². The van der Waals surface area contributed by atoms with Crippen molar-refractivity contribution in [3.63, 3.8) is 0 Å². The van der Waals surface area contributed by atoms with Crippen LogP contribution in [0.15, 0.2) is 24.5 Å². The second-order valence-corrected chi connectivity index (χ2v) is 4.91. The zero-order chi connectivity index (χ0) is 14.0. The number of nitrogens with zero attached hydrogens (tertiary/aromatic N) is 2. The van der Waals surface area contributed by atoms with Gasteiger partial charge < -0.3 is 4.74 Å². The third kappa shape index (κ3) is 3.01. The molecule has 1 aromatic heterocycles. The summed E-state index contributed by atoms with van der Waals surface area (Å²) >= 11 is 6.06.